The van der Waals surface area contributed by atoms with Crippen molar-refractivity contribution in [3.63, 3.8) is 0 Å². The average molecular weight is 364 g/mol. The van der Waals surface area contributed by atoms with Gasteiger partial charge in [0.1, 0.15) is 5.52 Å². The summed E-state index contributed by atoms with van der Waals surface area (Å²) in [4.78, 5) is 11.6. The number of hydrogen-bond acceptors (Lipinski definition) is 6. The number of anilines is 1. The Bertz CT molecular complexity index is 741. The van der Waals surface area contributed by atoms with E-state index in [1.807, 2.05) is 0 Å². The van der Waals surface area contributed by atoms with Crippen LogP contribution in [0, 0.1) is 11.3 Å². The van der Waals surface area contributed by atoms with Crippen LogP contribution in [0.2, 0.25) is 5.28 Å². The van der Waals surface area contributed by atoms with Crippen molar-refractivity contribution in [2.45, 2.75) is 32.7 Å². The van der Waals surface area contributed by atoms with E-state index in [4.69, 9.17) is 17.3 Å². The first-order valence-electron chi connectivity index (χ1n) is 7.35. The van der Waals surface area contributed by atoms with Gasteiger partial charge in [-0.05, 0) is 24.4 Å². The predicted molar refractivity (Wildman–Crippen MR) is 85.8 cm³/mol. The quantitative estimate of drug-likeness (QED) is 0.676. The van der Waals surface area contributed by atoms with Crippen molar-refractivity contribution in [3.8, 4) is 0 Å². The molecular formula is C14H20ClF2N5O2. The van der Waals surface area contributed by atoms with Crippen molar-refractivity contribution in [3.05, 3.63) is 11.6 Å². The van der Waals surface area contributed by atoms with Gasteiger partial charge >= 0.3 is 0 Å². The molecular weight excluding hydrogens is 344 g/mol. The summed E-state index contributed by atoms with van der Waals surface area (Å²) in [6, 6.07) is -1.42. The van der Waals surface area contributed by atoms with Crippen LogP contribution in [0.25, 0.3) is 11.2 Å². The number of alkyl halides is 2. The lowest BCUT2D eigenvalue weighted by Gasteiger charge is -2.43. The van der Waals surface area contributed by atoms with E-state index in [1.54, 1.807) is 0 Å². The van der Waals surface area contributed by atoms with Gasteiger partial charge < -0.3 is 20.5 Å². The van der Waals surface area contributed by atoms with Crippen LogP contribution < -0.4 is 5.73 Å². The second-order valence-electron chi connectivity index (χ2n) is 6.16. The van der Waals surface area contributed by atoms with Crippen LogP contribution in [0.3, 0.4) is 0 Å². The van der Waals surface area contributed by atoms with Crippen LogP contribution in [-0.4, -0.2) is 48.9 Å². The molecule has 2 heterocycles. The SMILES string of the molecule is CC(n1cnc2c(N)nc(Cl)nc21)C(F)(F)C(C)(CO)C(C)CO. The van der Waals surface area contributed by atoms with Crippen molar-refractivity contribution in [1.82, 2.24) is 19.5 Å². The van der Waals surface area contributed by atoms with Gasteiger partial charge in [0.2, 0.25) is 5.28 Å². The minimum absolute atomic E-state index is 0.00656. The van der Waals surface area contributed by atoms with Crippen LogP contribution in [0.1, 0.15) is 26.8 Å². The number of halogens is 3. The molecule has 0 aliphatic carbocycles. The van der Waals surface area contributed by atoms with E-state index in [1.165, 1.54) is 27.1 Å². The first kappa shape index (κ1) is 18.8. The number of nitrogen functional groups attached to an aromatic ring is 1. The van der Waals surface area contributed by atoms with E-state index in [-0.39, 0.29) is 22.3 Å². The van der Waals surface area contributed by atoms with Gasteiger partial charge in [-0.3, -0.25) is 0 Å². The number of aliphatic hydroxyl groups excluding tert-OH is 2. The molecule has 0 spiro atoms. The van der Waals surface area contributed by atoms with Crippen molar-refractivity contribution in [1.29, 1.82) is 0 Å². The highest BCUT2D eigenvalue weighted by Crippen LogP contribution is 2.49. The summed E-state index contributed by atoms with van der Waals surface area (Å²) in [5.41, 5.74) is 4.09. The number of nitrogens with two attached hydrogens (primary N) is 1. The van der Waals surface area contributed by atoms with E-state index in [2.05, 4.69) is 15.0 Å². The van der Waals surface area contributed by atoms with Crippen LogP contribution >= 0.6 is 11.6 Å². The summed E-state index contributed by atoms with van der Waals surface area (Å²) in [7, 11) is 0. The normalized spacial score (nSPS) is 17.7. The van der Waals surface area contributed by atoms with Gasteiger partial charge in [0.05, 0.1) is 24.4 Å². The summed E-state index contributed by atoms with van der Waals surface area (Å²) in [6.45, 7) is 2.70. The van der Waals surface area contributed by atoms with Gasteiger partial charge in [0.25, 0.3) is 5.92 Å². The summed E-state index contributed by atoms with van der Waals surface area (Å²) in [6.07, 6.45) is 1.19. The summed E-state index contributed by atoms with van der Waals surface area (Å²) >= 11 is 5.76. The molecule has 0 bridgehead atoms. The van der Waals surface area contributed by atoms with Gasteiger partial charge in [0, 0.05) is 6.61 Å². The lowest BCUT2D eigenvalue weighted by Crippen LogP contribution is -2.51. The lowest BCUT2D eigenvalue weighted by atomic mass is 9.71. The molecule has 0 aliphatic rings. The Kier molecular flexibility index (Phi) is 4.98. The Morgan fingerprint density at radius 2 is 1.96 bits per heavy atom. The van der Waals surface area contributed by atoms with Crippen molar-refractivity contribution < 1.29 is 19.0 Å². The van der Waals surface area contributed by atoms with Gasteiger partial charge in [-0.15, -0.1) is 0 Å². The highest BCUT2D eigenvalue weighted by Gasteiger charge is 2.57. The number of aliphatic hydroxyl groups is 2. The Balaban J connectivity index is 2.56. The zero-order chi connectivity index (χ0) is 18.3. The molecule has 4 N–H and O–H groups in total. The zero-order valence-corrected chi connectivity index (χ0v) is 14.3. The standard InChI is InChI=1S/C14H20ClF2N5O2/c1-7(4-23)13(3,5-24)14(16,17)8(2)22-6-19-9-10(18)20-12(15)21-11(9)22/h6-8,23-24H,4-5H2,1-3H3,(H2,18,20,21). The highest BCUT2D eigenvalue weighted by atomic mass is 35.5. The van der Waals surface area contributed by atoms with Gasteiger partial charge in [0.15, 0.2) is 11.5 Å². The molecule has 24 heavy (non-hydrogen) atoms. The smallest absolute Gasteiger partial charge is 0.275 e. The molecule has 0 fully saturated rings. The van der Waals surface area contributed by atoms with Crippen molar-refractivity contribution >= 4 is 28.6 Å². The number of rotatable bonds is 6. The fourth-order valence-corrected chi connectivity index (χ4v) is 2.81. The summed E-state index contributed by atoms with van der Waals surface area (Å²) in [5, 5.41) is 18.7. The molecule has 0 radical (unpaired) electrons. The summed E-state index contributed by atoms with van der Waals surface area (Å²) < 4.78 is 31.5. The first-order valence-corrected chi connectivity index (χ1v) is 7.73. The van der Waals surface area contributed by atoms with E-state index < -0.39 is 36.5 Å². The van der Waals surface area contributed by atoms with E-state index in [9.17, 15) is 10.2 Å². The molecule has 0 amide bonds. The molecule has 2 aromatic heterocycles. The molecule has 2 rings (SSSR count). The number of imidazole rings is 1. The van der Waals surface area contributed by atoms with Gasteiger partial charge in [-0.2, -0.15) is 9.97 Å². The maximum Gasteiger partial charge on any atom is 0.275 e. The minimum Gasteiger partial charge on any atom is -0.396 e. The third-order valence-electron chi connectivity index (χ3n) is 4.81. The molecule has 2 aromatic rings. The highest BCUT2D eigenvalue weighted by molar-refractivity contribution is 6.28. The van der Waals surface area contributed by atoms with Gasteiger partial charge in [-0.25, -0.2) is 13.8 Å². The maximum absolute atomic E-state index is 15.2. The Morgan fingerprint density at radius 1 is 1.33 bits per heavy atom. The molecule has 134 valence electrons. The minimum atomic E-state index is -3.39. The van der Waals surface area contributed by atoms with E-state index in [0.717, 1.165) is 4.57 Å². The van der Waals surface area contributed by atoms with Crippen LogP contribution in [-0.2, 0) is 0 Å². The topological polar surface area (TPSA) is 110 Å². The third kappa shape index (κ3) is 2.70. The molecule has 0 aliphatic heterocycles. The van der Waals surface area contributed by atoms with Crippen LogP contribution in [0.15, 0.2) is 6.33 Å². The molecule has 7 nitrogen and oxygen atoms in total. The van der Waals surface area contributed by atoms with Gasteiger partial charge in [-0.1, -0.05) is 13.8 Å². The van der Waals surface area contributed by atoms with Crippen molar-refractivity contribution in [2.75, 3.05) is 18.9 Å². The molecule has 3 atom stereocenters. The fraction of sp³-hybridized carbons (Fsp3) is 0.643. The first-order chi connectivity index (χ1) is 11.1. The van der Waals surface area contributed by atoms with Crippen LogP contribution in [0.4, 0.5) is 14.6 Å². The number of hydrogen-bond donors (Lipinski definition) is 3. The fourth-order valence-electron chi connectivity index (χ4n) is 2.64. The summed E-state index contributed by atoms with van der Waals surface area (Å²) in [5.74, 6) is -4.23. The maximum atomic E-state index is 15.2. The molecule has 0 aromatic carbocycles. The average Bonchev–Trinajstić information content (AvgIpc) is 2.95. The Hall–Kier alpha value is -1.58. The molecule has 10 heteroatoms. The zero-order valence-electron chi connectivity index (χ0n) is 13.5. The number of aromatic nitrogens is 4. The Morgan fingerprint density at radius 3 is 2.50 bits per heavy atom. The second-order valence-corrected chi connectivity index (χ2v) is 6.50. The largest absolute Gasteiger partial charge is 0.396 e. The molecule has 3 unspecified atom stereocenters. The number of nitrogens with zero attached hydrogens (tertiary/aromatic N) is 4. The molecule has 0 saturated heterocycles. The predicted octanol–water partition coefficient (Wildman–Crippen LogP) is 1.89. The van der Waals surface area contributed by atoms with Crippen molar-refractivity contribution in [2.24, 2.45) is 11.3 Å². The number of fused-ring (bicyclic) bond motifs is 1. The van der Waals surface area contributed by atoms with Crippen LogP contribution in [0.5, 0.6) is 0 Å². The second kappa shape index (κ2) is 6.38. The molecule has 0 saturated carbocycles. The monoisotopic (exact) mass is 363 g/mol. The third-order valence-corrected chi connectivity index (χ3v) is 4.98. The Labute approximate surface area is 142 Å². The van der Waals surface area contributed by atoms with E-state index in [0.29, 0.717) is 0 Å². The lowest BCUT2D eigenvalue weighted by molar-refractivity contribution is -0.189. The van der Waals surface area contributed by atoms with E-state index >= 15 is 8.78 Å².